The van der Waals surface area contributed by atoms with Gasteiger partial charge in [0, 0.05) is 23.9 Å². The van der Waals surface area contributed by atoms with Crippen molar-refractivity contribution in [2.45, 2.75) is 10.7 Å². The lowest BCUT2D eigenvalue weighted by Gasteiger charge is -2.08. The van der Waals surface area contributed by atoms with Crippen molar-refractivity contribution < 1.29 is 22.0 Å². The number of aromatic nitrogens is 4. The standard InChI is InChI=1S/C16H13F2N5O3S/c1-23-14(20-21-22-23)11-3-2-4-12(9-11)19-15(24)10-5-7-13(8-6-10)27(25,26)16(17)18/h2-9,16H,1H3,(H,19,24). The average molecular weight is 393 g/mol. The third kappa shape index (κ3) is 3.82. The molecule has 27 heavy (non-hydrogen) atoms. The van der Waals surface area contributed by atoms with Gasteiger partial charge in [0.15, 0.2) is 5.82 Å². The number of carbonyl (C=O) groups is 1. The van der Waals surface area contributed by atoms with Crippen LogP contribution in [-0.4, -0.2) is 40.3 Å². The summed E-state index contributed by atoms with van der Waals surface area (Å²) in [6.45, 7) is 0. The number of carbonyl (C=O) groups excluding carboxylic acids is 1. The van der Waals surface area contributed by atoms with E-state index in [0.717, 1.165) is 12.1 Å². The molecule has 0 saturated carbocycles. The number of alkyl halides is 2. The Labute approximate surface area is 152 Å². The minimum absolute atomic E-state index is 0.119. The molecule has 1 aromatic heterocycles. The van der Waals surface area contributed by atoms with Gasteiger partial charge in [-0.15, -0.1) is 5.10 Å². The lowest BCUT2D eigenvalue weighted by molar-refractivity contribution is 0.102. The van der Waals surface area contributed by atoms with Gasteiger partial charge in [-0.05, 0) is 46.8 Å². The number of sulfone groups is 1. The van der Waals surface area contributed by atoms with Crippen molar-refractivity contribution in [2.75, 3.05) is 5.32 Å². The molecule has 1 amide bonds. The minimum Gasteiger partial charge on any atom is -0.322 e. The van der Waals surface area contributed by atoms with E-state index < -0.39 is 26.4 Å². The van der Waals surface area contributed by atoms with Crippen LogP contribution in [0.1, 0.15) is 10.4 Å². The summed E-state index contributed by atoms with van der Waals surface area (Å²) < 4.78 is 49.4. The first-order chi connectivity index (χ1) is 12.8. The molecule has 0 unspecified atom stereocenters. The normalized spacial score (nSPS) is 11.6. The van der Waals surface area contributed by atoms with Gasteiger partial charge >= 0.3 is 5.76 Å². The van der Waals surface area contributed by atoms with Gasteiger partial charge in [0.1, 0.15) is 0 Å². The molecule has 2 aromatic carbocycles. The number of hydrogen-bond donors (Lipinski definition) is 1. The number of benzene rings is 2. The molecule has 0 radical (unpaired) electrons. The van der Waals surface area contributed by atoms with Crippen LogP contribution in [0.15, 0.2) is 53.4 Å². The molecule has 3 rings (SSSR count). The molecule has 3 aromatic rings. The van der Waals surface area contributed by atoms with Crippen LogP contribution in [0, 0.1) is 0 Å². The highest BCUT2D eigenvalue weighted by molar-refractivity contribution is 7.91. The quantitative estimate of drug-likeness (QED) is 0.712. The monoisotopic (exact) mass is 393 g/mol. The molecule has 11 heteroatoms. The number of aryl methyl sites for hydroxylation is 1. The average Bonchev–Trinajstić information content (AvgIpc) is 3.08. The summed E-state index contributed by atoms with van der Waals surface area (Å²) >= 11 is 0. The van der Waals surface area contributed by atoms with Gasteiger partial charge in [-0.1, -0.05) is 12.1 Å². The van der Waals surface area contributed by atoms with E-state index in [1.54, 1.807) is 31.3 Å². The SMILES string of the molecule is Cn1nnnc1-c1cccc(NC(=O)c2ccc(S(=O)(=O)C(F)F)cc2)c1. The van der Waals surface area contributed by atoms with Crippen molar-refractivity contribution in [3.63, 3.8) is 0 Å². The Morgan fingerprint density at radius 1 is 1.15 bits per heavy atom. The smallest absolute Gasteiger partial charge is 0.322 e. The first kappa shape index (κ1) is 18.6. The summed E-state index contributed by atoms with van der Waals surface area (Å²) in [5.74, 6) is -3.54. The van der Waals surface area contributed by atoms with E-state index in [1.165, 1.54) is 16.8 Å². The van der Waals surface area contributed by atoms with Gasteiger partial charge in [0.25, 0.3) is 5.91 Å². The van der Waals surface area contributed by atoms with E-state index in [2.05, 4.69) is 20.8 Å². The molecule has 8 nitrogen and oxygen atoms in total. The molecule has 0 bridgehead atoms. The van der Waals surface area contributed by atoms with Crippen LogP contribution in [0.5, 0.6) is 0 Å². The predicted octanol–water partition coefficient (Wildman–Crippen LogP) is 2.13. The van der Waals surface area contributed by atoms with E-state index >= 15 is 0 Å². The first-order valence-electron chi connectivity index (χ1n) is 7.55. The molecule has 1 heterocycles. The minimum atomic E-state index is -4.70. The van der Waals surface area contributed by atoms with Crippen LogP contribution in [0.4, 0.5) is 14.5 Å². The Balaban J connectivity index is 1.79. The fourth-order valence-electron chi connectivity index (χ4n) is 2.31. The summed E-state index contributed by atoms with van der Waals surface area (Å²) in [7, 11) is -3.02. The van der Waals surface area contributed by atoms with Gasteiger partial charge in [-0.25, -0.2) is 13.1 Å². The second-order valence-electron chi connectivity index (χ2n) is 5.49. The van der Waals surface area contributed by atoms with Gasteiger partial charge in [-0.2, -0.15) is 8.78 Å². The zero-order valence-corrected chi connectivity index (χ0v) is 14.7. The van der Waals surface area contributed by atoms with Gasteiger partial charge < -0.3 is 5.32 Å². The van der Waals surface area contributed by atoms with Gasteiger partial charge in [0.2, 0.25) is 9.84 Å². The van der Waals surface area contributed by atoms with Crippen LogP contribution in [-0.2, 0) is 16.9 Å². The summed E-state index contributed by atoms with van der Waals surface area (Å²) in [5.41, 5.74) is 1.26. The topological polar surface area (TPSA) is 107 Å². The van der Waals surface area contributed by atoms with E-state index in [9.17, 15) is 22.0 Å². The highest BCUT2D eigenvalue weighted by atomic mass is 32.2. The van der Waals surface area contributed by atoms with Crippen molar-refractivity contribution in [1.29, 1.82) is 0 Å². The molecule has 0 spiro atoms. The lowest BCUT2D eigenvalue weighted by atomic mass is 10.1. The molecule has 0 aliphatic rings. The van der Waals surface area contributed by atoms with Crippen LogP contribution in [0.25, 0.3) is 11.4 Å². The summed E-state index contributed by atoms with van der Waals surface area (Å²) in [6, 6.07) is 11.1. The third-order valence-corrected chi connectivity index (χ3v) is 5.08. The molecular formula is C16H13F2N5O3S. The maximum absolute atomic E-state index is 12.5. The van der Waals surface area contributed by atoms with E-state index in [0.29, 0.717) is 17.1 Å². The Bertz CT molecular complexity index is 1080. The number of tetrazole rings is 1. The van der Waals surface area contributed by atoms with E-state index in [1.807, 2.05) is 0 Å². The summed E-state index contributed by atoms with van der Waals surface area (Å²) in [6.07, 6.45) is 0. The number of rotatable bonds is 5. The van der Waals surface area contributed by atoms with Crippen LogP contribution >= 0.6 is 0 Å². The molecule has 1 N–H and O–H groups in total. The van der Waals surface area contributed by atoms with Crippen molar-refractivity contribution in [2.24, 2.45) is 7.05 Å². The van der Waals surface area contributed by atoms with Gasteiger partial charge in [-0.3, -0.25) is 4.79 Å². The Morgan fingerprint density at radius 2 is 1.85 bits per heavy atom. The highest BCUT2D eigenvalue weighted by Crippen LogP contribution is 2.21. The Morgan fingerprint density at radius 3 is 2.44 bits per heavy atom. The fraction of sp³-hybridized carbons (Fsp3) is 0.125. The van der Waals surface area contributed by atoms with Crippen LogP contribution in [0.2, 0.25) is 0 Å². The number of nitrogens with one attached hydrogen (secondary N) is 1. The molecule has 0 saturated heterocycles. The summed E-state index contributed by atoms with van der Waals surface area (Å²) in [4.78, 5) is 11.8. The van der Waals surface area contributed by atoms with Crippen molar-refractivity contribution >= 4 is 21.4 Å². The van der Waals surface area contributed by atoms with Crippen molar-refractivity contribution in [1.82, 2.24) is 20.2 Å². The van der Waals surface area contributed by atoms with Crippen molar-refractivity contribution in [3.05, 3.63) is 54.1 Å². The highest BCUT2D eigenvalue weighted by Gasteiger charge is 2.26. The summed E-state index contributed by atoms with van der Waals surface area (Å²) in [5, 5.41) is 13.8. The number of nitrogens with zero attached hydrogens (tertiary/aromatic N) is 4. The largest absolute Gasteiger partial charge is 0.341 e. The second-order valence-corrected chi connectivity index (χ2v) is 7.41. The molecule has 0 aliphatic heterocycles. The maximum atomic E-state index is 12.5. The number of halogens is 2. The zero-order valence-electron chi connectivity index (χ0n) is 13.9. The predicted molar refractivity (Wildman–Crippen MR) is 91.8 cm³/mol. The number of hydrogen-bond acceptors (Lipinski definition) is 6. The van der Waals surface area contributed by atoms with E-state index in [-0.39, 0.29) is 5.56 Å². The molecule has 0 aliphatic carbocycles. The molecule has 0 fully saturated rings. The fourth-order valence-corrected chi connectivity index (χ4v) is 3.03. The lowest BCUT2D eigenvalue weighted by Crippen LogP contribution is -2.14. The zero-order chi connectivity index (χ0) is 19.6. The first-order valence-corrected chi connectivity index (χ1v) is 9.10. The molecule has 140 valence electrons. The van der Waals surface area contributed by atoms with Crippen molar-refractivity contribution in [3.8, 4) is 11.4 Å². The van der Waals surface area contributed by atoms with Crippen LogP contribution in [0.3, 0.4) is 0 Å². The Kier molecular flexibility index (Phi) is 4.95. The number of amides is 1. The molecular weight excluding hydrogens is 380 g/mol. The number of anilines is 1. The van der Waals surface area contributed by atoms with Gasteiger partial charge in [0.05, 0.1) is 4.90 Å². The van der Waals surface area contributed by atoms with Crippen LogP contribution < -0.4 is 5.32 Å². The Hall–Kier alpha value is -3.21. The van der Waals surface area contributed by atoms with E-state index in [4.69, 9.17) is 0 Å². The second kappa shape index (κ2) is 7.19. The third-order valence-electron chi connectivity index (χ3n) is 3.68. The molecule has 0 atom stereocenters. The maximum Gasteiger partial charge on any atom is 0.341 e.